The molecule has 4 rings (SSSR count). The molecular weight excluding hydrogens is 442 g/mol. The number of rotatable bonds is 9. The van der Waals surface area contributed by atoms with Gasteiger partial charge in [0.05, 0.1) is 13.2 Å². The quantitative estimate of drug-likeness (QED) is 0.553. The molecule has 2 aliphatic rings. The van der Waals surface area contributed by atoms with Crippen LogP contribution in [0.15, 0.2) is 60.7 Å². The summed E-state index contributed by atoms with van der Waals surface area (Å²) < 4.78 is 24.1. The van der Waals surface area contributed by atoms with E-state index in [0.717, 1.165) is 16.2 Å². The molecule has 0 spiro atoms. The molecule has 2 saturated heterocycles. The molecule has 2 heterocycles. The summed E-state index contributed by atoms with van der Waals surface area (Å²) in [5.74, 6) is -2.78. The number of hydroxylamine groups is 2. The molecule has 182 valence electrons. The molecule has 0 bridgehead atoms. The Kier molecular flexibility index (Phi) is 7.30. The molecule has 2 fully saturated rings. The number of ether oxygens (including phenoxy) is 4. The second-order valence-corrected chi connectivity index (χ2v) is 8.76. The third kappa shape index (κ3) is 5.63. The zero-order valence-electron chi connectivity index (χ0n) is 19.3. The molecule has 9 heteroatoms. The molecule has 34 heavy (non-hydrogen) atoms. The zero-order valence-corrected chi connectivity index (χ0v) is 19.3. The molecule has 1 N–H and O–H groups in total. The zero-order chi connectivity index (χ0) is 24.3. The Labute approximate surface area is 198 Å². The van der Waals surface area contributed by atoms with Crippen molar-refractivity contribution < 1.29 is 38.5 Å². The number of nitrogens with zero attached hydrogens (tertiary/aromatic N) is 1. The maximum atomic E-state index is 12.5. The van der Waals surface area contributed by atoms with Gasteiger partial charge in [0.25, 0.3) is 0 Å². The van der Waals surface area contributed by atoms with Gasteiger partial charge < -0.3 is 28.9 Å². The lowest BCUT2D eigenvalue weighted by Gasteiger charge is -2.34. The van der Waals surface area contributed by atoms with E-state index in [9.17, 15) is 14.7 Å². The first-order valence-corrected chi connectivity index (χ1v) is 11.1. The van der Waals surface area contributed by atoms with Gasteiger partial charge in [-0.05, 0) is 25.0 Å². The predicted octanol–water partition coefficient (Wildman–Crippen LogP) is 2.88. The summed E-state index contributed by atoms with van der Waals surface area (Å²) in [4.78, 5) is 29.8. The predicted molar refractivity (Wildman–Crippen MR) is 119 cm³/mol. The Morgan fingerprint density at radius 2 is 1.65 bits per heavy atom. The van der Waals surface area contributed by atoms with Gasteiger partial charge in [0.15, 0.2) is 18.1 Å². The van der Waals surface area contributed by atoms with E-state index in [2.05, 4.69) is 0 Å². The monoisotopic (exact) mass is 471 g/mol. The molecule has 5 atom stereocenters. The smallest absolute Gasteiger partial charge is 0.327 e. The molecule has 9 nitrogen and oxygen atoms in total. The summed E-state index contributed by atoms with van der Waals surface area (Å²) in [7, 11) is 0. The summed E-state index contributed by atoms with van der Waals surface area (Å²) in [6, 6.07) is 17.3. The minimum atomic E-state index is -1.37. The maximum absolute atomic E-state index is 12.5. The van der Waals surface area contributed by atoms with Crippen LogP contribution in [0.1, 0.15) is 31.9 Å². The van der Waals surface area contributed by atoms with Gasteiger partial charge in [-0.2, -0.15) is 0 Å². The van der Waals surface area contributed by atoms with E-state index in [1.54, 1.807) is 13.8 Å². The Bertz CT molecular complexity index is 983. The van der Waals surface area contributed by atoms with Gasteiger partial charge in [-0.25, -0.2) is 0 Å². The molecule has 0 unspecified atom stereocenters. The number of benzene rings is 2. The van der Waals surface area contributed by atoms with E-state index < -0.39 is 48.4 Å². The van der Waals surface area contributed by atoms with Crippen LogP contribution in [0.3, 0.4) is 0 Å². The number of hydrogen-bond acceptors (Lipinski definition) is 8. The van der Waals surface area contributed by atoms with Crippen molar-refractivity contribution in [3.05, 3.63) is 71.8 Å². The highest BCUT2D eigenvalue weighted by molar-refractivity contribution is 5.75. The van der Waals surface area contributed by atoms with Crippen molar-refractivity contribution >= 4 is 11.9 Å². The lowest BCUT2D eigenvalue weighted by atomic mass is 10.0. The van der Waals surface area contributed by atoms with E-state index >= 15 is 0 Å². The largest absolute Gasteiger partial charge is 0.480 e. The van der Waals surface area contributed by atoms with E-state index in [1.165, 1.54) is 6.92 Å². The van der Waals surface area contributed by atoms with Gasteiger partial charge in [0.1, 0.15) is 18.3 Å². The Morgan fingerprint density at radius 3 is 2.24 bits per heavy atom. The number of carboxylic acids is 1. The van der Waals surface area contributed by atoms with Crippen molar-refractivity contribution in [2.75, 3.05) is 0 Å². The second-order valence-electron chi connectivity index (χ2n) is 8.76. The lowest BCUT2D eigenvalue weighted by molar-refractivity contribution is -0.252. The highest BCUT2D eigenvalue weighted by Crippen LogP contribution is 2.41. The number of aliphatic carboxylic acids is 1. The van der Waals surface area contributed by atoms with E-state index in [0.29, 0.717) is 0 Å². The molecule has 0 aliphatic carbocycles. The first-order chi connectivity index (χ1) is 16.2. The average molecular weight is 472 g/mol. The van der Waals surface area contributed by atoms with Crippen LogP contribution < -0.4 is 0 Å². The summed E-state index contributed by atoms with van der Waals surface area (Å²) >= 11 is 0. The fraction of sp³-hybridized carbons (Fsp3) is 0.440. The van der Waals surface area contributed by atoms with Crippen LogP contribution in [-0.2, 0) is 46.5 Å². The van der Waals surface area contributed by atoms with Crippen LogP contribution >= 0.6 is 0 Å². The molecule has 2 aliphatic heterocycles. The number of carbonyl (C=O) groups excluding carboxylic acids is 1. The number of fused-ring (bicyclic) bond motifs is 1. The van der Waals surface area contributed by atoms with Crippen LogP contribution in [0, 0.1) is 0 Å². The van der Waals surface area contributed by atoms with Gasteiger partial charge in [-0.1, -0.05) is 60.7 Å². The highest BCUT2D eigenvalue weighted by Gasteiger charge is 2.59. The molecule has 0 aromatic heterocycles. The summed E-state index contributed by atoms with van der Waals surface area (Å²) in [6.45, 7) is 5.00. The minimum Gasteiger partial charge on any atom is -0.480 e. The van der Waals surface area contributed by atoms with Crippen LogP contribution in [0.25, 0.3) is 0 Å². The van der Waals surface area contributed by atoms with Gasteiger partial charge in [-0.3, -0.25) is 9.59 Å². The second kappa shape index (κ2) is 10.2. The Morgan fingerprint density at radius 1 is 1.03 bits per heavy atom. The summed E-state index contributed by atoms with van der Waals surface area (Å²) in [5, 5.41) is 11.3. The fourth-order valence-electron chi connectivity index (χ4n) is 4.26. The Hall–Kier alpha value is -2.82. The number of carbonyl (C=O) groups is 2. The fourth-order valence-corrected chi connectivity index (χ4v) is 4.26. The van der Waals surface area contributed by atoms with Crippen LogP contribution in [0.5, 0.6) is 0 Å². The highest BCUT2D eigenvalue weighted by atomic mass is 16.8. The van der Waals surface area contributed by atoms with Gasteiger partial charge in [0, 0.05) is 6.92 Å². The standard InChI is InChI=1S/C25H29NO8/c1-16(27)34-26(14-17-10-6-4-7-11-17)19(23(28)29)20-21(30-15-18-12-8-5-9-13-18)22-24(31-20)33-25(2,3)32-22/h4-13,19-22,24H,14-15H2,1-3H3,(H,28,29)/t19-,20+,21-,22+,24+/m0/s1. The summed E-state index contributed by atoms with van der Waals surface area (Å²) in [5.41, 5.74) is 1.68. The third-order valence-electron chi connectivity index (χ3n) is 5.61. The van der Waals surface area contributed by atoms with Gasteiger partial charge >= 0.3 is 11.9 Å². The van der Waals surface area contributed by atoms with Gasteiger partial charge in [-0.15, -0.1) is 5.06 Å². The lowest BCUT2D eigenvalue weighted by Crippen LogP contribution is -2.54. The minimum absolute atomic E-state index is 0.0468. The SMILES string of the molecule is CC(=O)ON(Cc1ccccc1)[C@H](C(=O)O)[C@H]1O[C@@H]2OC(C)(C)O[C@@H]2[C@H]1OCc1ccccc1. The first kappa shape index (κ1) is 24.3. The van der Waals surface area contributed by atoms with E-state index in [1.807, 2.05) is 60.7 Å². The third-order valence-corrected chi connectivity index (χ3v) is 5.61. The van der Waals surface area contributed by atoms with Gasteiger partial charge in [0.2, 0.25) is 0 Å². The number of hydrogen-bond donors (Lipinski definition) is 1. The van der Waals surface area contributed by atoms with Crippen molar-refractivity contribution in [1.82, 2.24) is 5.06 Å². The molecule has 2 aromatic rings. The van der Waals surface area contributed by atoms with Crippen molar-refractivity contribution in [2.24, 2.45) is 0 Å². The van der Waals surface area contributed by atoms with Crippen molar-refractivity contribution in [3.8, 4) is 0 Å². The molecular formula is C25H29NO8. The van der Waals surface area contributed by atoms with Crippen LogP contribution in [0.2, 0.25) is 0 Å². The molecule has 0 saturated carbocycles. The van der Waals surface area contributed by atoms with Crippen LogP contribution in [0.4, 0.5) is 0 Å². The molecule has 2 aromatic carbocycles. The van der Waals surface area contributed by atoms with Crippen molar-refractivity contribution in [1.29, 1.82) is 0 Å². The summed E-state index contributed by atoms with van der Waals surface area (Å²) in [6.07, 6.45) is -3.29. The van der Waals surface area contributed by atoms with E-state index in [4.69, 9.17) is 23.8 Å². The molecule has 0 radical (unpaired) electrons. The molecule has 0 amide bonds. The van der Waals surface area contributed by atoms with Crippen molar-refractivity contribution in [3.63, 3.8) is 0 Å². The van der Waals surface area contributed by atoms with Crippen LogP contribution in [-0.4, -0.2) is 58.5 Å². The first-order valence-electron chi connectivity index (χ1n) is 11.1. The van der Waals surface area contributed by atoms with Crippen molar-refractivity contribution in [2.45, 2.75) is 70.4 Å². The topological polar surface area (TPSA) is 104 Å². The number of carboxylic acid groups (broad SMARTS) is 1. The average Bonchev–Trinajstić information content (AvgIpc) is 3.24. The normalized spacial score (nSPS) is 26.2. The maximum Gasteiger partial charge on any atom is 0.327 e. The Balaban J connectivity index is 1.62. The van der Waals surface area contributed by atoms with E-state index in [-0.39, 0.29) is 13.2 Å².